The number of nitrogens with one attached hydrogen (secondary N) is 2. The van der Waals surface area contributed by atoms with Crippen molar-refractivity contribution in [3.8, 4) is 0 Å². The first-order valence-corrected chi connectivity index (χ1v) is 8.69. The Labute approximate surface area is 140 Å². The van der Waals surface area contributed by atoms with Gasteiger partial charge in [-0.05, 0) is 18.4 Å². The Morgan fingerprint density at radius 2 is 2.00 bits per heavy atom. The van der Waals surface area contributed by atoms with E-state index < -0.39 is 0 Å². The highest BCUT2D eigenvalue weighted by Crippen LogP contribution is 2.24. The van der Waals surface area contributed by atoms with Gasteiger partial charge in [0.05, 0.1) is 24.9 Å². The molecule has 1 aliphatic rings. The number of carbonyl (C=O) groups excluding carboxylic acids is 2. The number of para-hydroxylation sites is 1. The van der Waals surface area contributed by atoms with Crippen LogP contribution >= 0.6 is 11.8 Å². The highest BCUT2D eigenvalue weighted by atomic mass is 32.2. The quantitative estimate of drug-likeness (QED) is 0.740. The minimum Gasteiger partial charge on any atom is -0.377 e. The average Bonchev–Trinajstić information content (AvgIpc) is 3.00. The number of anilines is 1. The monoisotopic (exact) mass is 338 g/mol. The van der Waals surface area contributed by atoms with E-state index in [0.717, 1.165) is 10.6 Å². The maximum absolute atomic E-state index is 12.0. The van der Waals surface area contributed by atoms with Crippen LogP contribution in [0, 0.1) is 0 Å². The molecular weight excluding hydrogens is 316 g/mol. The number of rotatable bonds is 7. The van der Waals surface area contributed by atoms with Crippen molar-refractivity contribution in [3.63, 3.8) is 0 Å². The van der Waals surface area contributed by atoms with E-state index in [4.69, 9.17) is 9.47 Å². The zero-order valence-electron chi connectivity index (χ0n) is 13.3. The van der Waals surface area contributed by atoms with Gasteiger partial charge in [0.2, 0.25) is 11.8 Å². The van der Waals surface area contributed by atoms with Crippen LogP contribution in [0.15, 0.2) is 29.2 Å². The third kappa shape index (κ3) is 5.23. The Morgan fingerprint density at radius 3 is 2.74 bits per heavy atom. The van der Waals surface area contributed by atoms with E-state index in [0.29, 0.717) is 13.2 Å². The third-order valence-electron chi connectivity index (χ3n) is 3.64. The molecule has 2 amide bonds. The Balaban J connectivity index is 1.76. The molecule has 0 radical (unpaired) electrons. The SMILES string of the molecule is CO[C@H]1COC[C@@H]1NC(=O)CCC(=O)Nc1ccccc1SC. The van der Waals surface area contributed by atoms with Crippen molar-refractivity contribution in [2.45, 2.75) is 29.9 Å². The standard InChI is InChI=1S/C16H22N2O4S/c1-21-13-10-22-9-12(13)18-16(20)8-7-15(19)17-11-5-3-4-6-14(11)23-2/h3-6,12-13H,7-10H2,1-2H3,(H,17,19)(H,18,20)/t12-,13-/m0/s1. The summed E-state index contributed by atoms with van der Waals surface area (Å²) in [6.07, 6.45) is 2.11. The van der Waals surface area contributed by atoms with Gasteiger partial charge in [0, 0.05) is 24.8 Å². The molecule has 2 N–H and O–H groups in total. The minimum absolute atomic E-state index is 0.124. The maximum atomic E-state index is 12.0. The van der Waals surface area contributed by atoms with Crippen molar-refractivity contribution in [1.29, 1.82) is 0 Å². The summed E-state index contributed by atoms with van der Waals surface area (Å²) < 4.78 is 10.5. The van der Waals surface area contributed by atoms with Gasteiger partial charge >= 0.3 is 0 Å². The molecule has 1 saturated heterocycles. The summed E-state index contributed by atoms with van der Waals surface area (Å²) >= 11 is 1.56. The average molecular weight is 338 g/mol. The smallest absolute Gasteiger partial charge is 0.224 e. The predicted octanol–water partition coefficient (Wildman–Crippen LogP) is 1.66. The van der Waals surface area contributed by atoms with Gasteiger partial charge in [0.25, 0.3) is 0 Å². The largest absolute Gasteiger partial charge is 0.377 e. The molecule has 7 heteroatoms. The number of hydrogen-bond donors (Lipinski definition) is 2. The van der Waals surface area contributed by atoms with Gasteiger partial charge in [-0.25, -0.2) is 0 Å². The van der Waals surface area contributed by atoms with Crippen molar-refractivity contribution in [1.82, 2.24) is 5.32 Å². The third-order valence-corrected chi connectivity index (χ3v) is 4.43. The number of carbonyl (C=O) groups is 2. The molecule has 0 aromatic heterocycles. The van der Waals surface area contributed by atoms with Crippen molar-refractivity contribution < 1.29 is 19.1 Å². The molecule has 6 nitrogen and oxygen atoms in total. The van der Waals surface area contributed by atoms with E-state index in [2.05, 4.69) is 10.6 Å². The summed E-state index contributed by atoms with van der Waals surface area (Å²) in [5.41, 5.74) is 0.772. The van der Waals surface area contributed by atoms with Gasteiger partial charge in [0.15, 0.2) is 0 Å². The molecule has 1 aliphatic heterocycles. The van der Waals surface area contributed by atoms with Crippen LogP contribution in [0.1, 0.15) is 12.8 Å². The molecule has 0 aliphatic carbocycles. The lowest BCUT2D eigenvalue weighted by atomic mass is 10.2. The Kier molecular flexibility index (Phi) is 6.88. The maximum Gasteiger partial charge on any atom is 0.224 e. The van der Waals surface area contributed by atoms with Crippen molar-refractivity contribution in [2.75, 3.05) is 31.9 Å². The minimum atomic E-state index is -0.174. The van der Waals surface area contributed by atoms with E-state index >= 15 is 0 Å². The molecule has 1 aromatic rings. The summed E-state index contributed by atoms with van der Waals surface area (Å²) in [6, 6.07) is 7.44. The van der Waals surface area contributed by atoms with E-state index in [1.165, 1.54) is 0 Å². The van der Waals surface area contributed by atoms with Gasteiger partial charge in [-0.2, -0.15) is 0 Å². The van der Waals surface area contributed by atoms with Crippen LogP contribution in [0.3, 0.4) is 0 Å². The number of hydrogen-bond acceptors (Lipinski definition) is 5. The van der Waals surface area contributed by atoms with Crippen LogP contribution in [-0.2, 0) is 19.1 Å². The molecular formula is C16H22N2O4S. The second-order valence-corrected chi connectivity index (χ2v) is 6.08. The van der Waals surface area contributed by atoms with Crippen LogP contribution in [0.4, 0.5) is 5.69 Å². The van der Waals surface area contributed by atoms with Crippen LogP contribution in [-0.4, -0.2) is 50.5 Å². The number of methoxy groups -OCH3 is 1. The van der Waals surface area contributed by atoms with E-state index in [1.54, 1.807) is 18.9 Å². The fourth-order valence-electron chi connectivity index (χ4n) is 2.37. The van der Waals surface area contributed by atoms with Gasteiger partial charge in [-0.15, -0.1) is 11.8 Å². The van der Waals surface area contributed by atoms with Gasteiger partial charge in [-0.1, -0.05) is 12.1 Å². The number of ether oxygens (including phenoxy) is 2. The molecule has 23 heavy (non-hydrogen) atoms. The van der Waals surface area contributed by atoms with E-state index in [1.807, 2.05) is 30.5 Å². The molecule has 0 saturated carbocycles. The molecule has 0 bridgehead atoms. The van der Waals surface area contributed by atoms with E-state index in [-0.39, 0.29) is 36.8 Å². The first kappa shape index (κ1) is 17.8. The van der Waals surface area contributed by atoms with Crippen LogP contribution in [0.25, 0.3) is 0 Å². The number of thioether (sulfide) groups is 1. The van der Waals surface area contributed by atoms with Crippen molar-refractivity contribution >= 4 is 29.3 Å². The summed E-state index contributed by atoms with van der Waals surface area (Å²) in [5, 5.41) is 5.69. The van der Waals surface area contributed by atoms with Gasteiger partial charge in [0.1, 0.15) is 6.10 Å². The lowest BCUT2D eigenvalue weighted by molar-refractivity contribution is -0.125. The van der Waals surface area contributed by atoms with E-state index in [9.17, 15) is 9.59 Å². The number of amides is 2. The lowest BCUT2D eigenvalue weighted by Crippen LogP contribution is -2.43. The number of benzene rings is 1. The molecule has 2 atom stereocenters. The summed E-state index contributed by atoms with van der Waals surface area (Å²) in [7, 11) is 1.59. The molecule has 1 fully saturated rings. The van der Waals surface area contributed by atoms with Gasteiger partial charge < -0.3 is 20.1 Å². The second kappa shape index (κ2) is 8.90. The molecule has 0 spiro atoms. The van der Waals surface area contributed by atoms with Crippen LogP contribution in [0.5, 0.6) is 0 Å². The Hall–Kier alpha value is -1.57. The topological polar surface area (TPSA) is 76.7 Å². The molecule has 0 unspecified atom stereocenters. The molecule has 1 heterocycles. The summed E-state index contributed by atoms with van der Waals surface area (Å²) in [4.78, 5) is 24.9. The molecule has 126 valence electrons. The molecule has 2 rings (SSSR count). The van der Waals surface area contributed by atoms with Crippen LogP contribution < -0.4 is 10.6 Å². The zero-order chi connectivity index (χ0) is 16.7. The predicted molar refractivity (Wildman–Crippen MR) is 89.6 cm³/mol. The summed E-state index contributed by atoms with van der Waals surface area (Å²) in [5.74, 6) is -0.344. The summed E-state index contributed by atoms with van der Waals surface area (Å²) in [6.45, 7) is 0.922. The van der Waals surface area contributed by atoms with Crippen molar-refractivity contribution in [2.24, 2.45) is 0 Å². The lowest BCUT2D eigenvalue weighted by Gasteiger charge is -2.17. The highest BCUT2D eigenvalue weighted by molar-refractivity contribution is 7.98. The Bertz CT molecular complexity index is 553. The van der Waals surface area contributed by atoms with Crippen LogP contribution in [0.2, 0.25) is 0 Å². The normalized spacial score (nSPS) is 20.3. The Morgan fingerprint density at radius 1 is 1.26 bits per heavy atom. The van der Waals surface area contributed by atoms with Gasteiger partial charge in [-0.3, -0.25) is 9.59 Å². The first-order valence-electron chi connectivity index (χ1n) is 7.46. The van der Waals surface area contributed by atoms with Crippen molar-refractivity contribution in [3.05, 3.63) is 24.3 Å². The second-order valence-electron chi connectivity index (χ2n) is 5.23. The highest BCUT2D eigenvalue weighted by Gasteiger charge is 2.29. The fraction of sp³-hybridized carbons (Fsp3) is 0.500. The fourth-order valence-corrected chi connectivity index (χ4v) is 2.92. The molecule has 1 aromatic carbocycles. The zero-order valence-corrected chi connectivity index (χ0v) is 14.2. The first-order chi connectivity index (χ1) is 11.1.